The minimum atomic E-state index is -0.225. The molecule has 0 aliphatic carbocycles. The summed E-state index contributed by atoms with van der Waals surface area (Å²) in [6.45, 7) is 0. The Morgan fingerprint density at radius 1 is 1.08 bits per heavy atom. The number of benzene rings is 2. The highest BCUT2D eigenvalue weighted by atomic mass is 79.9. The van der Waals surface area contributed by atoms with E-state index < -0.39 is 0 Å². The summed E-state index contributed by atoms with van der Waals surface area (Å²) in [7, 11) is 1.94. The topological polar surface area (TPSA) is 58.8 Å². The number of carbonyl (C=O) groups is 1. The number of rotatable bonds is 2. The lowest BCUT2D eigenvalue weighted by Gasteiger charge is -2.02. The molecule has 5 nitrogen and oxygen atoms in total. The number of aromatic nitrogens is 1. The highest BCUT2D eigenvalue weighted by molar-refractivity contribution is 9.10. The first-order valence-electron chi connectivity index (χ1n) is 7.56. The van der Waals surface area contributed by atoms with E-state index in [-0.39, 0.29) is 5.91 Å². The van der Waals surface area contributed by atoms with Crippen LogP contribution in [0.2, 0.25) is 0 Å². The van der Waals surface area contributed by atoms with E-state index in [4.69, 9.17) is 0 Å². The van der Waals surface area contributed by atoms with Gasteiger partial charge in [0.05, 0.1) is 11.4 Å². The molecule has 0 fully saturated rings. The van der Waals surface area contributed by atoms with Crippen LogP contribution in [0.5, 0.6) is 0 Å². The number of para-hydroxylation sites is 1. The summed E-state index contributed by atoms with van der Waals surface area (Å²) < 4.78 is 3.01. The number of anilines is 1. The molecule has 1 aliphatic heterocycles. The van der Waals surface area contributed by atoms with Gasteiger partial charge in [0, 0.05) is 22.5 Å². The van der Waals surface area contributed by atoms with Crippen LogP contribution in [0.4, 0.5) is 5.69 Å². The molecule has 3 aromatic rings. The molecular formula is C18H13BrN4OS. The van der Waals surface area contributed by atoms with Crippen molar-refractivity contribution in [2.45, 2.75) is 0 Å². The Bertz CT molecular complexity index is 1060. The molecule has 25 heavy (non-hydrogen) atoms. The fourth-order valence-electron chi connectivity index (χ4n) is 2.64. The van der Waals surface area contributed by atoms with Crippen molar-refractivity contribution in [3.05, 3.63) is 68.7 Å². The first kappa shape index (κ1) is 16.0. The van der Waals surface area contributed by atoms with Crippen LogP contribution in [-0.2, 0) is 11.8 Å². The number of carbonyl (C=O) groups excluding carboxylic acids is 1. The average molecular weight is 413 g/mol. The molecule has 7 heteroatoms. The summed E-state index contributed by atoms with van der Waals surface area (Å²) in [5.41, 5.74) is 4.04. The van der Waals surface area contributed by atoms with Gasteiger partial charge < -0.3 is 9.88 Å². The summed E-state index contributed by atoms with van der Waals surface area (Å²) in [6.07, 6.45) is 0. The van der Waals surface area contributed by atoms with E-state index in [1.165, 1.54) is 11.3 Å². The fourth-order valence-corrected chi connectivity index (χ4v) is 3.76. The van der Waals surface area contributed by atoms with Gasteiger partial charge in [-0.05, 0) is 23.8 Å². The third kappa shape index (κ3) is 2.96. The molecule has 2 heterocycles. The molecule has 0 saturated carbocycles. The summed E-state index contributed by atoms with van der Waals surface area (Å²) >= 11 is 4.93. The van der Waals surface area contributed by atoms with Crippen molar-refractivity contribution in [3.8, 4) is 11.3 Å². The first-order valence-corrected chi connectivity index (χ1v) is 9.23. The van der Waals surface area contributed by atoms with Gasteiger partial charge in [-0.3, -0.25) is 4.79 Å². The van der Waals surface area contributed by atoms with Crippen LogP contribution in [0.25, 0.3) is 11.3 Å². The minimum Gasteiger partial charge on any atom is -0.320 e. The monoisotopic (exact) mass is 412 g/mol. The van der Waals surface area contributed by atoms with Gasteiger partial charge in [-0.15, -0.1) is 21.5 Å². The molecule has 1 aliphatic rings. The van der Waals surface area contributed by atoms with E-state index in [1.54, 1.807) is 0 Å². The molecule has 2 aromatic carbocycles. The van der Waals surface area contributed by atoms with Crippen molar-refractivity contribution >= 4 is 44.6 Å². The number of thiazole rings is 1. The standard InChI is InChI=1S/C18H13BrN4OS/c1-23-15(11-6-8-12(19)9-7-11)10-25-18(23)22-21-16-13-4-2-3-5-14(13)20-17(16)24/h2-10H,1H3,(H,20,21,24)/b22-18-. The Balaban J connectivity index is 1.74. The van der Waals surface area contributed by atoms with Crippen LogP contribution >= 0.6 is 27.3 Å². The van der Waals surface area contributed by atoms with Crippen LogP contribution < -0.4 is 10.1 Å². The predicted molar refractivity (Wildman–Crippen MR) is 104 cm³/mol. The second-order valence-corrected chi connectivity index (χ2v) is 7.27. The van der Waals surface area contributed by atoms with Crippen LogP contribution in [0.15, 0.2) is 68.6 Å². The van der Waals surface area contributed by atoms with Crippen molar-refractivity contribution < 1.29 is 4.79 Å². The SMILES string of the molecule is Cn1c(-c2ccc(Br)cc2)cs/c1=N\N=C1/C(=O)Nc2ccccc21. The maximum Gasteiger partial charge on any atom is 0.276 e. The predicted octanol–water partition coefficient (Wildman–Crippen LogP) is 3.77. The van der Waals surface area contributed by atoms with Gasteiger partial charge >= 0.3 is 0 Å². The zero-order chi connectivity index (χ0) is 17.4. The number of halogens is 1. The smallest absolute Gasteiger partial charge is 0.276 e. The Kier molecular flexibility index (Phi) is 4.10. The Morgan fingerprint density at radius 3 is 2.64 bits per heavy atom. The molecule has 0 bridgehead atoms. The van der Waals surface area contributed by atoms with Gasteiger partial charge in [0.2, 0.25) is 4.80 Å². The second kappa shape index (κ2) is 6.42. The number of fused-ring (bicyclic) bond motifs is 1. The fraction of sp³-hybridized carbons (Fsp3) is 0.0556. The van der Waals surface area contributed by atoms with Crippen LogP contribution in [-0.4, -0.2) is 16.2 Å². The highest BCUT2D eigenvalue weighted by Gasteiger charge is 2.25. The van der Waals surface area contributed by atoms with E-state index in [1.807, 2.05) is 65.5 Å². The Hall–Kier alpha value is -2.51. The summed E-state index contributed by atoms with van der Waals surface area (Å²) in [6, 6.07) is 15.6. The maximum atomic E-state index is 12.1. The Morgan fingerprint density at radius 2 is 1.84 bits per heavy atom. The minimum absolute atomic E-state index is 0.225. The zero-order valence-electron chi connectivity index (χ0n) is 13.2. The second-order valence-electron chi connectivity index (χ2n) is 5.52. The molecule has 0 atom stereocenters. The van der Waals surface area contributed by atoms with Crippen LogP contribution in [0.3, 0.4) is 0 Å². The van der Waals surface area contributed by atoms with Crippen LogP contribution in [0, 0.1) is 0 Å². The van der Waals surface area contributed by atoms with Crippen molar-refractivity contribution in [3.63, 3.8) is 0 Å². The summed E-state index contributed by atoms with van der Waals surface area (Å²) in [4.78, 5) is 12.8. The molecule has 4 rings (SSSR count). The van der Waals surface area contributed by atoms with E-state index in [2.05, 4.69) is 31.4 Å². The van der Waals surface area contributed by atoms with Gasteiger partial charge in [0.1, 0.15) is 0 Å². The van der Waals surface area contributed by atoms with E-state index in [0.717, 1.165) is 31.8 Å². The zero-order valence-corrected chi connectivity index (χ0v) is 15.6. The quantitative estimate of drug-likeness (QED) is 0.639. The first-order chi connectivity index (χ1) is 12.1. The number of hydrogen-bond donors (Lipinski definition) is 1. The largest absolute Gasteiger partial charge is 0.320 e. The third-order valence-corrected chi connectivity index (χ3v) is 5.38. The van der Waals surface area contributed by atoms with Crippen molar-refractivity contribution in [2.24, 2.45) is 17.3 Å². The third-order valence-electron chi connectivity index (χ3n) is 3.95. The maximum absolute atomic E-state index is 12.1. The normalized spacial score (nSPS) is 15.5. The Labute approximate surface area is 156 Å². The van der Waals surface area contributed by atoms with Gasteiger partial charge in [0.15, 0.2) is 5.71 Å². The molecule has 0 unspecified atom stereocenters. The van der Waals surface area contributed by atoms with Gasteiger partial charge in [-0.1, -0.05) is 46.3 Å². The average Bonchev–Trinajstić information content (AvgIpc) is 3.13. The molecule has 0 saturated heterocycles. The van der Waals surface area contributed by atoms with Crippen molar-refractivity contribution in [1.29, 1.82) is 0 Å². The molecule has 1 aromatic heterocycles. The lowest BCUT2D eigenvalue weighted by atomic mass is 10.1. The summed E-state index contributed by atoms with van der Waals surface area (Å²) in [5, 5.41) is 13.3. The molecule has 0 spiro atoms. The lowest BCUT2D eigenvalue weighted by Crippen LogP contribution is -2.15. The molecular weight excluding hydrogens is 400 g/mol. The molecule has 124 valence electrons. The number of nitrogens with one attached hydrogen (secondary N) is 1. The molecule has 0 radical (unpaired) electrons. The summed E-state index contributed by atoms with van der Waals surface area (Å²) in [5.74, 6) is -0.225. The molecule has 1 N–H and O–H groups in total. The van der Waals surface area contributed by atoms with Gasteiger partial charge in [-0.2, -0.15) is 0 Å². The molecule has 1 amide bonds. The van der Waals surface area contributed by atoms with E-state index in [0.29, 0.717) is 5.71 Å². The lowest BCUT2D eigenvalue weighted by molar-refractivity contribution is -0.110. The van der Waals surface area contributed by atoms with E-state index in [9.17, 15) is 4.79 Å². The van der Waals surface area contributed by atoms with Crippen LogP contribution in [0.1, 0.15) is 5.56 Å². The number of nitrogens with zero attached hydrogens (tertiary/aromatic N) is 3. The van der Waals surface area contributed by atoms with E-state index >= 15 is 0 Å². The number of amides is 1. The van der Waals surface area contributed by atoms with Gasteiger partial charge in [-0.25, -0.2) is 0 Å². The van der Waals surface area contributed by atoms with Gasteiger partial charge in [0.25, 0.3) is 5.91 Å². The highest BCUT2D eigenvalue weighted by Crippen LogP contribution is 2.23. The van der Waals surface area contributed by atoms with Crippen molar-refractivity contribution in [2.75, 3.05) is 5.32 Å². The number of hydrogen-bond acceptors (Lipinski definition) is 4. The van der Waals surface area contributed by atoms with Crippen molar-refractivity contribution in [1.82, 2.24) is 4.57 Å².